The Morgan fingerprint density at radius 2 is 1.29 bits per heavy atom. The molecule has 1 unspecified atom stereocenters. The predicted molar refractivity (Wildman–Crippen MR) is 104 cm³/mol. The van der Waals surface area contributed by atoms with E-state index in [1.807, 2.05) is 0 Å². The highest BCUT2D eigenvalue weighted by Gasteiger charge is 2.06. The van der Waals surface area contributed by atoms with E-state index in [0.29, 0.717) is 6.54 Å². The fourth-order valence-electron chi connectivity index (χ4n) is 2.73. The van der Waals surface area contributed by atoms with E-state index in [-0.39, 0.29) is 5.91 Å². The second-order valence-corrected chi connectivity index (χ2v) is 6.90. The molecule has 0 bridgehead atoms. The molecule has 0 aromatic rings. The van der Waals surface area contributed by atoms with Crippen LogP contribution in [0.1, 0.15) is 104 Å². The van der Waals surface area contributed by atoms with Gasteiger partial charge in [-0.05, 0) is 39.0 Å². The first-order valence-corrected chi connectivity index (χ1v) is 10.3. The Bertz CT molecular complexity index is 300. The summed E-state index contributed by atoms with van der Waals surface area (Å²) in [6, 6.07) is 0. The summed E-state index contributed by atoms with van der Waals surface area (Å²) in [5, 5.41) is 11.8. The fourth-order valence-corrected chi connectivity index (χ4v) is 2.73. The van der Waals surface area contributed by atoms with E-state index < -0.39 is 6.10 Å². The van der Waals surface area contributed by atoms with Crippen LogP contribution < -0.4 is 5.32 Å². The van der Waals surface area contributed by atoms with Gasteiger partial charge in [-0.15, -0.1) is 0 Å². The summed E-state index contributed by atoms with van der Waals surface area (Å²) < 4.78 is 0. The zero-order valence-corrected chi connectivity index (χ0v) is 16.2. The molecule has 0 aromatic heterocycles. The third-order valence-corrected chi connectivity index (χ3v) is 4.37. The first-order chi connectivity index (χ1) is 11.7. The van der Waals surface area contributed by atoms with Gasteiger partial charge in [-0.3, -0.25) is 4.79 Å². The molecule has 0 rings (SSSR count). The van der Waals surface area contributed by atoms with Gasteiger partial charge in [0.25, 0.3) is 0 Å². The van der Waals surface area contributed by atoms with E-state index >= 15 is 0 Å². The standard InChI is InChI=1S/C21H41NO2/c1-3-4-5-6-7-8-9-10-11-12-13-14-15-16-17-18-19-22-21(24)20(2)23/h10-11,20,23H,3-9,12-19H2,1-2H3,(H,22,24). The average molecular weight is 340 g/mol. The molecule has 142 valence electrons. The van der Waals surface area contributed by atoms with Gasteiger partial charge >= 0.3 is 0 Å². The van der Waals surface area contributed by atoms with Crippen LogP contribution in [0.5, 0.6) is 0 Å². The number of carbonyl (C=O) groups excluding carboxylic acids is 1. The van der Waals surface area contributed by atoms with Crippen molar-refractivity contribution in [3.63, 3.8) is 0 Å². The Labute approximate surface area is 150 Å². The van der Waals surface area contributed by atoms with Gasteiger partial charge in [0, 0.05) is 6.54 Å². The summed E-state index contributed by atoms with van der Waals surface area (Å²) in [5.41, 5.74) is 0. The molecule has 0 aliphatic carbocycles. The minimum atomic E-state index is -0.890. The summed E-state index contributed by atoms with van der Waals surface area (Å²) in [4.78, 5) is 11.1. The Kier molecular flexibility index (Phi) is 17.9. The van der Waals surface area contributed by atoms with E-state index in [2.05, 4.69) is 24.4 Å². The smallest absolute Gasteiger partial charge is 0.248 e. The maximum absolute atomic E-state index is 11.1. The number of hydrogen-bond donors (Lipinski definition) is 2. The molecule has 1 amide bonds. The lowest BCUT2D eigenvalue weighted by Gasteiger charge is -2.06. The maximum atomic E-state index is 11.1. The summed E-state index contributed by atoms with van der Waals surface area (Å²) in [6.07, 6.45) is 21.9. The largest absolute Gasteiger partial charge is 0.384 e. The highest BCUT2D eigenvalue weighted by molar-refractivity contribution is 5.79. The molecule has 0 aliphatic heterocycles. The van der Waals surface area contributed by atoms with Gasteiger partial charge in [0.2, 0.25) is 5.91 Å². The van der Waals surface area contributed by atoms with E-state index in [9.17, 15) is 4.79 Å². The summed E-state index contributed by atoms with van der Waals surface area (Å²) >= 11 is 0. The highest BCUT2D eigenvalue weighted by atomic mass is 16.3. The first-order valence-electron chi connectivity index (χ1n) is 10.3. The lowest BCUT2D eigenvalue weighted by Crippen LogP contribution is -2.33. The molecule has 0 radical (unpaired) electrons. The van der Waals surface area contributed by atoms with Gasteiger partial charge in [0.15, 0.2) is 0 Å². The number of unbranched alkanes of at least 4 members (excludes halogenated alkanes) is 12. The van der Waals surface area contributed by atoms with Crippen molar-refractivity contribution in [2.75, 3.05) is 6.54 Å². The molecule has 24 heavy (non-hydrogen) atoms. The van der Waals surface area contributed by atoms with Gasteiger partial charge in [0.05, 0.1) is 0 Å². The summed E-state index contributed by atoms with van der Waals surface area (Å²) in [5.74, 6) is -0.261. The Morgan fingerprint density at radius 3 is 1.79 bits per heavy atom. The van der Waals surface area contributed by atoms with Gasteiger partial charge in [-0.1, -0.05) is 76.9 Å². The molecular formula is C21H41NO2. The number of aliphatic hydroxyl groups excluding tert-OH is 1. The van der Waals surface area contributed by atoms with Gasteiger partial charge < -0.3 is 10.4 Å². The first kappa shape index (κ1) is 23.2. The van der Waals surface area contributed by atoms with E-state index in [1.54, 1.807) is 0 Å². The number of amides is 1. The number of allylic oxidation sites excluding steroid dienone is 2. The molecule has 3 heteroatoms. The van der Waals surface area contributed by atoms with Crippen molar-refractivity contribution in [2.24, 2.45) is 0 Å². The average Bonchev–Trinajstić information content (AvgIpc) is 2.57. The number of hydrogen-bond acceptors (Lipinski definition) is 2. The number of aliphatic hydroxyl groups is 1. The second kappa shape index (κ2) is 18.5. The van der Waals surface area contributed by atoms with Crippen LogP contribution in [-0.4, -0.2) is 23.7 Å². The minimum Gasteiger partial charge on any atom is -0.384 e. The van der Waals surface area contributed by atoms with Gasteiger partial charge in [-0.2, -0.15) is 0 Å². The normalized spacial score (nSPS) is 12.6. The molecule has 3 nitrogen and oxygen atoms in total. The van der Waals surface area contributed by atoms with Crippen LogP contribution in [0.2, 0.25) is 0 Å². The SMILES string of the molecule is CCCCCCCCC=CCCCCCCCCNC(=O)C(C)O. The third-order valence-electron chi connectivity index (χ3n) is 4.37. The number of rotatable bonds is 17. The fraction of sp³-hybridized carbons (Fsp3) is 0.857. The van der Waals surface area contributed by atoms with E-state index in [4.69, 9.17) is 5.11 Å². The van der Waals surface area contributed by atoms with Gasteiger partial charge in [0.1, 0.15) is 6.10 Å². The molecule has 2 N–H and O–H groups in total. The molecule has 0 aliphatic rings. The quantitative estimate of drug-likeness (QED) is 0.271. The van der Waals surface area contributed by atoms with Crippen LogP contribution in [0.3, 0.4) is 0 Å². The number of nitrogens with one attached hydrogen (secondary N) is 1. The molecule has 0 saturated carbocycles. The van der Waals surface area contributed by atoms with Crippen molar-refractivity contribution in [1.29, 1.82) is 0 Å². The predicted octanol–water partition coefficient (Wildman–Crippen LogP) is 5.52. The highest BCUT2D eigenvalue weighted by Crippen LogP contribution is 2.09. The molecule has 0 spiro atoms. The maximum Gasteiger partial charge on any atom is 0.248 e. The van der Waals surface area contributed by atoms with Crippen molar-refractivity contribution in [3.05, 3.63) is 12.2 Å². The van der Waals surface area contributed by atoms with Crippen LogP contribution in [0, 0.1) is 0 Å². The second-order valence-electron chi connectivity index (χ2n) is 6.90. The van der Waals surface area contributed by atoms with Crippen molar-refractivity contribution in [2.45, 2.75) is 110 Å². The Balaban J connectivity index is 3.14. The van der Waals surface area contributed by atoms with Crippen molar-refractivity contribution in [3.8, 4) is 0 Å². The van der Waals surface area contributed by atoms with Crippen molar-refractivity contribution in [1.82, 2.24) is 5.32 Å². The van der Waals surface area contributed by atoms with Crippen LogP contribution >= 0.6 is 0 Å². The van der Waals surface area contributed by atoms with E-state index in [0.717, 1.165) is 12.8 Å². The summed E-state index contributed by atoms with van der Waals surface area (Å²) in [7, 11) is 0. The molecule has 1 atom stereocenters. The van der Waals surface area contributed by atoms with Crippen LogP contribution in [-0.2, 0) is 4.79 Å². The van der Waals surface area contributed by atoms with Crippen molar-refractivity contribution < 1.29 is 9.90 Å². The minimum absolute atomic E-state index is 0.261. The summed E-state index contributed by atoms with van der Waals surface area (Å²) in [6.45, 7) is 4.45. The molecule has 0 fully saturated rings. The van der Waals surface area contributed by atoms with Crippen LogP contribution in [0.15, 0.2) is 12.2 Å². The zero-order valence-electron chi connectivity index (χ0n) is 16.2. The van der Waals surface area contributed by atoms with Crippen molar-refractivity contribution >= 4 is 5.91 Å². The Hall–Kier alpha value is -0.830. The van der Waals surface area contributed by atoms with Gasteiger partial charge in [-0.25, -0.2) is 0 Å². The molecule has 0 saturated heterocycles. The molecule has 0 heterocycles. The topological polar surface area (TPSA) is 49.3 Å². The Morgan fingerprint density at radius 1 is 0.833 bits per heavy atom. The third kappa shape index (κ3) is 17.5. The number of carbonyl (C=O) groups is 1. The monoisotopic (exact) mass is 339 g/mol. The lowest BCUT2D eigenvalue weighted by atomic mass is 10.1. The molecule has 0 aromatic carbocycles. The van der Waals surface area contributed by atoms with Crippen LogP contribution in [0.25, 0.3) is 0 Å². The zero-order chi connectivity index (χ0) is 17.9. The van der Waals surface area contributed by atoms with Crippen LogP contribution in [0.4, 0.5) is 0 Å². The lowest BCUT2D eigenvalue weighted by molar-refractivity contribution is -0.128. The van der Waals surface area contributed by atoms with E-state index in [1.165, 1.54) is 84.0 Å². The molecular weight excluding hydrogens is 298 g/mol.